The Hall–Kier alpha value is -2.58. The number of hydrogen-bond acceptors (Lipinski definition) is 5. The number of benzene rings is 2. The van der Waals surface area contributed by atoms with Gasteiger partial charge in [0.1, 0.15) is 6.04 Å². The molecule has 7 nitrogen and oxygen atoms in total. The van der Waals surface area contributed by atoms with Gasteiger partial charge >= 0.3 is 5.97 Å². The SMILES string of the molecule is CCOC(=O)c1cccc(NC(=O)C(CC)N(c2cccc(Cl)c2)S(C)(=O)=O)c1. The van der Waals surface area contributed by atoms with Gasteiger partial charge in [-0.2, -0.15) is 0 Å². The first kappa shape index (κ1) is 22.7. The Labute approximate surface area is 175 Å². The van der Waals surface area contributed by atoms with Crippen molar-refractivity contribution in [3.05, 3.63) is 59.1 Å². The summed E-state index contributed by atoms with van der Waals surface area (Å²) in [5.41, 5.74) is 0.938. The first-order valence-corrected chi connectivity index (χ1v) is 11.2. The normalized spacial score (nSPS) is 12.1. The Morgan fingerprint density at radius 3 is 2.41 bits per heavy atom. The topological polar surface area (TPSA) is 92.8 Å². The van der Waals surface area contributed by atoms with Crippen LogP contribution >= 0.6 is 11.6 Å². The molecular formula is C20H23ClN2O5S. The fourth-order valence-corrected chi connectivity index (χ4v) is 4.23. The average Bonchev–Trinajstić information content (AvgIpc) is 2.65. The maximum atomic E-state index is 12.9. The van der Waals surface area contributed by atoms with Crippen molar-refractivity contribution in [3.63, 3.8) is 0 Å². The number of ether oxygens (including phenoxy) is 1. The molecule has 1 unspecified atom stereocenters. The van der Waals surface area contributed by atoms with Crippen molar-refractivity contribution in [1.82, 2.24) is 0 Å². The van der Waals surface area contributed by atoms with E-state index in [9.17, 15) is 18.0 Å². The number of hydrogen-bond donors (Lipinski definition) is 1. The van der Waals surface area contributed by atoms with Crippen LogP contribution in [0.4, 0.5) is 11.4 Å². The predicted molar refractivity (Wildman–Crippen MR) is 114 cm³/mol. The minimum Gasteiger partial charge on any atom is -0.462 e. The van der Waals surface area contributed by atoms with E-state index in [0.29, 0.717) is 16.4 Å². The third-order valence-corrected chi connectivity index (χ3v) is 5.45. The van der Waals surface area contributed by atoms with E-state index in [-0.39, 0.29) is 18.6 Å². The number of halogens is 1. The van der Waals surface area contributed by atoms with Crippen LogP contribution in [0.25, 0.3) is 0 Å². The lowest BCUT2D eigenvalue weighted by atomic mass is 10.1. The zero-order chi connectivity index (χ0) is 21.6. The second kappa shape index (κ2) is 9.76. The van der Waals surface area contributed by atoms with Crippen LogP contribution in [0.1, 0.15) is 30.6 Å². The Morgan fingerprint density at radius 2 is 1.83 bits per heavy atom. The van der Waals surface area contributed by atoms with Crippen molar-refractivity contribution in [2.45, 2.75) is 26.3 Å². The molecule has 1 atom stereocenters. The lowest BCUT2D eigenvalue weighted by Crippen LogP contribution is -2.47. The first-order valence-electron chi connectivity index (χ1n) is 9.00. The highest BCUT2D eigenvalue weighted by Crippen LogP contribution is 2.26. The van der Waals surface area contributed by atoms with Crippen molar-refractivity contribution in [2.75, 3.05) is 22.5 Å². The third kappa shape index (κ3) is 5.95. The van der Waals surface area contributed by atoms with Gasteiger partial charge < -0.3 is 10.1 Å². The van der Waals surface area contributed by atoms with Crippen LogP contribution in [0.15, 0.2) is 48.5 Å². The van der Waals surface area contributed by atoms with Crippen molar-refractivity contribution in [3.8, 4) is 0 Å². The number of esters is 1. The minimum atomic E-state index is -3.77. The minimum absolute atomic E-state index is 0.225. The summed E-state index contributed by atoms with van der Waals surface area (Å²) in [6.07, 6.45) is 1.26. The number of sulfonamides is 1. The Balaban J connectivity index is 2.33. The molecule has 156 valence electrons. The molecule has 0 heterocycles. The summed E-state index contributed by atoms with van der Waals surface area (Å²) in [7, 11) is -3.77. The fraction of sp³-hybridized carbons (Fsp3) is 0.300. The van der Waals surface area contributed by atoms with E-state index in [4.69, 9.17) is 16.3 Å². The molecule has 0 aliphatic heterocycles. The molecule has 0 radical (unpaired) electrons. The Morgan fingerprint density at radius 1 is 1.14 bits per heavy atom. The van der Waals surface area contributed by atoms with E-state index in [1.165, 1.54) is 12.1 Å². The molecule has 0 aliphatic carbocycles. The molecule has 9 heteroatoms. The second-order valence-corrected chi connectivity index (χ2v) is 8.55. The van der Waals surface area contributed by atoms with Crippen molar-refractivity contribution in [2.24, 2.45) is 0 Å². The summed E-state index contributed by atoms with van der Waals surface area (Å²) < 4.78 is 30.9. The van der Waals surface area contributed by atoms with Crippen LogP contribution in [-0.4, -0.2) is 39.2 Å². The van der Waals surface area contributed by atoms with Crippen molar-refractivity contribution in [1.29, 1.82) is 0 Å². The molecule has 0 fully saturated rings. The molecule has 29 heavy (non-hydrogen) atoms. The first-order chi connectivity index (χ1) is 13.7. The highest BCUT2D eigenvalue weighted by molar-refractivity contribution is 7.92. The van der Waals surface area contributed by atoms with Crippen LogP contribution in [0.2, 0.25) is 5.02 Å². The quantitative estimate of drug-likeness (QED) is 0.634. The van der Waals surface area contributed by atoms with Gasteiger partial charge in [0, 0.05) is 10.7 Å². The van der Waals surface area contributed by atoms with Gasteiger partial charge in [-0.3, -0.25) is 9.10 Å². The zero-order valence-corrected chi connectivity index (χ0v) is 18.0. The molecular weight excluding hydrogens is 416 g/mol. The number of nitrogens with one attached hydrogen (secondary N) is 1. The van der Waals surface area contributed by atoms with Crippen molar-refractivity contribution < 1.29 is 22.7 Å². The van der Waals surface area contributed by atoms with Crippen LogP contribution < -0.4 is 9.62 Å². The molecule has 0 spiro atoms. The smallest absolute Gasteiger partial charge is 0.338 e. The van der Waals surface area contributed by atoms with Crippen LogP contribution in [0.3, 0.4) is 0 Å². The lowest BCUT2D eigenvalue weighted by molar-refractivity contribution is -0.117. The van der Waals surface area contributed by atoms with E-state index in [1.807, 2.05) is 0 Å². The predicted octanol–water partition coefficient (Wildman–Crippen LogP) is 3.70. The molecule has 2 aromatic rings. The summed E-state index contributed by atoms with van der Waals surface area (Å²) >= 11 is 6.00. The molecule has 0 saturated carbocycles. The summed E-state index contributed by atoms with van der Waals surface area (Å²) in [6.45, 7) is 3.64. The highest BCUT2D eigenvalue weighted by Gasteiger charge is 2.31. The molecule has 0 saturated heterocycles. The summed E-state index contributed by atoms with van der Waals surface area (Å²) in [5.74, 6) is -1.04. The maximum absolute atomic E-state index is 12.9. The third-order valence-electron chi connectivity index (χ3n) is 4.03. The van der Waals surface area contributed by atoms with Gasteiger partial charge in [-0.15, -0.1) is 0 Å². The summed E-state index contributed by atoms with van der Waals surface area (Å²) in [5, 5.41) is 3.04. The van der Waals surface area contributed by atoms with E-state index in [2.05, 4.69) is 5.32 Å². The Kier molecular flexibility index (Phi) is 7.64. The number of carbonyl (C=O) groups excluding carboxylic acids is 2. The van der Waals surface area contributed by atoms with E-state index < -0.39 is 27.9 Å². The van der Waals surface area contributed by atoms with Gasteiger partial charge in [0.15, 0.2) is 0 Å². The van der Waals surface area contributed by atoms with Gasteiger partial charge in [-0.05, 0) is 49.7 Å². The molecule has 2 aromatic carbocycles. The standard InChI is InChI=1S/C20H23ClN2O5S/c1-4-18(23(29(3,26)27)17-11-7-9-15(21)13-17)19(24)22-16-10-6-8-14(12-16)20(25)28-5-2/h6-13,18H,4-5H2,1-3H3,(H,22,24). The summed E-state index contributed by atoms with van der Waals surface area (Å²) in [4.78, 5) is 24.8. The number of amides is 1. The molecule has 1 N–H and O–H groups in total. The summed E-state index contributed by atoms with van der Waals surface area (Å²) in [6, 6.07) is 11.5. The number of carbonyl (C=O) groups is 2. The average molecular weight is 439 g/mol. The fourth-order valence-electron chi connectivity index (χ4n) is 2.84. The maximum Gasteiger partial charge on any atom is 0.338 e. The van der Waals surface area contributed by atoms with Crippen LogP contribution in [-0.2, 0) is 19.6 Å². The van der Waals surface area contributed by atoms with Gasteiger partial charge in [0.05, 0.1) is 24.1 Å². The monoisotopic (exact) mass is 438 g/mol. The number of rotatable bonds is 8. The largest absolute Gasteiger partial charge is 0.462 e. The Bertz CT molecular complexity index is 994. The molecule has 0 aromatic heterocycles. The molecule has 1 amide bonds. The highest BCUT2D eigenvalue weighted by atomic mass is 35.5. The van der Waals surface area contributed by atoms with E-state index >= 15 is 0 Å². The lowest BCUT2D eigenvalue weighted by Gasteiger charge is -2.30. The van der Waals surface area contributed by atoms with E-state index in [0.717, 1.165) is 10.6 Å². The van der Waals surface area contributed by atoms with Gasteiger partial charge in [0.25, 0.3) is 0 Å². The second-order valence-electron chi connectivity index (χ2n) is 6.25. The molecule has 2 rings (SSSR count). The molecule has 0 bridgehead atoms. The van der Waals surface area contributed by atoms with Gasteiger partial charge in [-0.25, -0.2) is 13.2 Å². The zero-order valence-electron chi connectivity index (χ0n) is 16.4. The van der Waals surface area contributed by atoms with Gasteiger partial charge in [0.2, 0.25) is 15.9 Å². The van der Waals surface area contributed by atoms with E-state index in [1.54, 1.807) is 50.2 Å². The van der Waals surface area contributed by atoms with Gasteiger partial charge in [-0.1, -0.05) is 30.7 Å². The number of nitrogens with zero attached hydrogens (tertiary/aromatic N) is 1. The van der Waals surface area contributed by atoms with Crippen molar-refractivity contribution >= 4 is 44.9 Å². The van der Waals surface area contributed by atoms with Crippen LogP contribution in [0, 0.1) is 0 Å². The van der Waals surface area contributed by atoms with Crippen LogP contribution in [0.5, 0.6) is 0 Å². The number of anilines is 2. The molecule has 0 aliphatic rings.